The SMILES string of the molecule is CCc1cc(C[C@@H](OC(=O)N2CCC(n3nc(-c4ccccc4)[nH]c3=O)CC2)C(=O)N2CCN(C3CN4CCC3CC4)CC2)cc(Cl)c1N. The van der Waals surface area contributed by atoms with Crippen LogP contribution in [-0.2, 0) is 22.4 Å². The molecule has 5 saturated heterocycles. The van der Waals surface area contributed by atoms with Crippen LogP contribution >= 0.6 is 11.6 Å². The number of likely N-dealkylation sites (tertiary alicyclic amines) is 1. The molecular weight excluding hydrogens is 644 g/mol. The fourth-order valence-electron chi connectivity index (χ4n) is 8.17. The van der Waals surface area contributed by atoms with Crippen LogP contribution in [0.25, 0.3) is 11.4 Å². The molecular formula is C36H47ClN8O4. The topological polar surface area (TPSA) is 133 Å². The molecule has 262 valence electrons. The van der Waals surface area contributed by atoms with Gasteiger partial charge in [0.05, 0.1) is 16.8 Å². The van der Waals surface area contributed by atoms with Crippen LogP contribution < -0.4 is 11.4 Å². The highest BCUT2D eigenvalue weighted by atomic mass is 35.5. The third kappa shape index (κ3) is 7.22. The van der Waals surface area contributed by atoms with E-state index in [2.05, 4.69) is 19.9 Å². The van der Waals surface area contributed by atoms with E-state index in [1.807, 2.05) is 48.2 Å². The number of ether oxygens (including phenoxy) is 1. The Hall–Kier alpha value is -3.87. The molecule has 0 saturated carbocycles. The summed E-state index contributed by atoms with van der Waals surface area (Å²) in [5, 5.41) is 4.99. The quantitative estimate of drug-likeness (QED) is 0.343. The first-order valence-corrected chi connectivity index (χ1v) is 18.2. The number of hydrogen-bond donors (Lipinski definition) is 2. The molecule has 1 unspecified atom stereocenters. The van der Waals surface area contributed by atoms with Gasteiger partial charge in [-0.1, -0.05) is 54.9 Å². The number of nitrogens with one attached hydrogen (secondary N) is 1. The molecule has 0 spiro atoms. The Balaban J connectivity index is 1.01. The van der Waals surface area contributed by atoms with Gasteiger partial charge >= 0.3 is 11.8 Å². The Morgan fingerprint density at radius 2 is 1.69 bits per heavy atom. The number of aryl methyl sites for hydroxylation is 1. The van der Waals surface area contributed by atoms with E-state index in [1.165, 1.54) is 30.6 Å². The number of H-pyrrole nitrogens is 1. The monoisotopic (exact) mass is 690 g/mol. The van der Waals surface area contributed by atoms with Crippen molar-refractivity contribution in [1.82, 2.24) is 34.4 Å². The van der Waals surface area contributed by atoms with Gasteiger partial charge in [0.1, 0.15) is 0 Å². The van der Waals surface area contributed by atoms with E-state index in [0.717, 1.165) is 42.2 Å². The second-order valence-corrected chi connectivity index (χ2v) is 14.4. The molecule has 2 bridgehead atoms. The minimum atomic E-state index is -1.000. The zero-order valence-electron chi connectivity index (χ0n) is 28.2. The van der Waals surface area contributed by atoms with Crippen molar-refractivity contribution < 1.29 is 14.3 Å². The standard InChI is InChI=1S/C36H47ClN8O4/c1-2-25-20-24(21-29(37)32(25)38)22-31(34(46)43-18-16-42(17-19-43)30-23-41-12-8-26(30)9-13-41)49-36(48)44-14-10-28(11-15-44)45-35(47)39-33(40-45)27-6-4-3-5-7-27/h3-7,20-21,26,28,30-31H,2,8-19,22-23,38H2,1H3,(H,39,40,47)/t30?,31-/m1/s1. The average molecular weight is 691 g/mol. The second kappa shape index (κ2) is 14.5. The van der Waals surface area contributed by atoms with Crippen molar-refractivity contribution in [1.29, 1.82) is 0 Å². The van der Waals surface area contributed by atoms with Gasteiger partial charge in [0.25, 0.3) is 5.91 Å². The summed E-state index contributed by atoms with van der Waals surface area (Å²) in [7, 11) is 0. The van der Waals surface area contributed by atoms with Crippen molar-refractivity contribution in [2.75, 3.05) is 64.6 Å². The van der Waals surface area contributed by atoms with Gasteiger partial charge in [0.2, 0.25) is 0 Å². The molecule has 6 heterocycles. The lowest BCUT2D eigenvalue weighted by molar-refractivity contribution is -0.143. The third-order valence-corrected chi connectivity index (χ3v) is 11.4. The predicted octanol–water partition coefficient (Wildman–Crippen LogP) is 3.66. The molecule has 5 fully saturated rings. The summed E-state index contributed by atoms with van der Waals surface area (Å²) < 4.78 is 7.56. The van der Waals surface area contributed by atoms with Crippen LogP contribution in [0.1, 0.15) is 49.8 Å². The molecule has 3 N–H and O–H groups in total. The first-order chi connectivity index (χ1) is 23.8. The average Bonchev–Trinajstić information content (AvgIpc) is 3.54. The molecule has 49 heavy (non-hydrogen) atoms. The largest absolute Gasteiger partial charge is 0.436 e. The summed E-state index contributed by atoms with van der Waals surface area (Å²) in [6.07, 6.45) is 2.98. The molecule has 3 aromatic rings. The molecule has 2 atom stereocenters. The van der Waals surface area contributed by atoms with Gasteiger partial charge < -0.3 is 25.2 Å². The number of anilines is 1. The number of carbonyl (C=O) groups excluding carboxylic acids is 2. The number of piperidine rings is 4. The maximum atomic E-state index is 14.1. The van der Waals surface area contributed by atoms with Crippen LogP contribution in [-0.4, -0.2) is 117 Å². The number of benzene rings is 2. The highest BCUT2D eigenvalue weighted by Crippen LogP contribution is 2.32. The molecule has 8 rings (SSSR count). The minimum absolute atomic E-state index is 0.153. The van der Waals surface area contributed by atoms with E-state index in [1.54, 1.807) is 11.0 Å². The summed E-state index contributed by atoms with van der Waals surface area (Å²) in [5.74, 6) is 1.08. The fourth-order valence-corrected chi connectivity index (χ4v) is 8.43. The van der Waals surface area contributed by atoms with Gasteiger partial charge in [-0.05, 0) is 68.3 Å². The van der Waals surface area contributed by atoms with Crippen LogP contribution in [0.3, 0.4) is 0 Å². The molecule has 5 aliphatic heterocycles. The highest BCUT2D eigenvalue weighted by molar-refractivity contribution is 6.33. The van der Waals surface area contributed by atoms with Gasteiger partial charge in [-0.25, -0.2) is 14.3 Å². The molecule has 0 radical (unpaired) electrons. The number of aromatic nitrogens is 3. The number of nitrogens with two attached hydrogens (primary N) is 1. The maximum absolute atomic E-state index is 14.1. The Labute approximate surface area is 292 Å². The first-order valence-electron chi connectivity index (χ1n) is 17.8. The summed E-state index contributed by atoms with van der Waals surface area (Å²) >= 11 is 6.49. The zero-order valence-corrected chi connectivity index (χ0v) is 29.0. The van der Waals surface area contributed by atoms with Crippen molar-refractivity contribution >= 4 is 29.3 Å². The molecule has 2 amide bonds. The number of hydrogen-bond acceptors (Lipinski definition) is 8. The van der Waals surface area contributed by atoms with E-state index in [9.17, 15) is 14.4 Å². The molecule has 12 nitrogen and oxygen atoms in total. The molecule has 0 aliphatic carbocycles. The van der Waals surface area contributed by atoms with Crippen LogP contribution in [0.15, 0.2) is 47.3 Å². The van der Waals surface area contributed by atoms with Crippen molar-refractivity contribution in [3.63, 3.8) is 0 Å². The summed E-state index contributed by atoms with van der Waals surface area (Å²) in [6.45, 7) is 9.16. The number of aromatic amines is 1. The maximum Gasteiger partial charge on any atom is 0.410 e. The van der Waals surface area contributed by atoms with E-state index in [0.29, 0.717) is 68.0 Å². The van der Waals surface area contributed by atoms with Crippen molar-refractivity contribution in [3.8, 4) is 11.4 Å². The lowest BCUT2D eigenvalue weighted by Crippen LogP contribution is -2.62. The number of piperazine rings is 1. The third-order valence-electron chi connectivity index (χ3n) is 11.1. The summed E-state index contributed by atoms with van der Waals surface area (Å²) in [4.78, 5) is 52.0. The normalized spacial score (nSPS) is 23.8. The van der Waals surface area contributed by atoms with Crippen LogP contribution in [0, 0.1) is 5.92 Å². The lowest BCUT2D eigenvalue weighted by Gasteiger charge is -2.51. The van der Waals surface area contributed by atoms with E-state index >= 15 is 0 Å². The van der Waals surface area contributed by atoms with Crippen LogP contribution in [0.2, 0.25) is 5.02 Å². The van der Waals surface area contributed by atoms with Gasteiger partial charge in [-0.3, -0.25) is 14.7 Å². The summed E-state index contributed by atoms with van der Waals surface area (Å²) in [5.41, 5.74) is 9.01. The van der Waals surface area contributed by atoms with Gasteiger partial charge in [0, 0.05) is 63.8 Å². The van der Waals surface area contributed by atoms with Crippen molar-refractivity contribution in [2.24, 2.45) is 5.92 Å². The number of nitrogens with zero attached hydrogens (tertiary/aromatic N) is 6. The molecule has 13 heteroatoms. The van der Waals surface area contributed by atoms with Crippen molar-refractivity contribution in [2.45, 2.75) is 63.6 Å². The number of amides is 2. The Kier molecular flexibility index (Phi) is 9.98. The van der Waals surface area contributed by atoms with Gasteiger partial charge in [0.15, 0.2) is 11.9 Å². The molecule has 1 aromatic heterocycles. The molecule has 2 aromatic carbocycles. The number of halogens is 1. The predicted molar refractivity (Wildman–Crippen MR) is 188 cm³/mol. The zero-order chi connectivity index (χ0) is 34.1. The van der Waals surface area contributed by atoms with Gasteiger partial charge in [-0.2, -0.15) is 0 Å². The first kappa shape index (κ1) is 33.6. The van der Waals surface area contributed by atoms with E-state index in [-0.39, 0.29) is 24.1 Å². The highest BCUT2D eigenvalue weighted by Gasteiger charge is 2.40. The fraction of sp³-hybridized carbons (Fsp3) is 0.556. The number of carbonyl (C=O) groups is 2. The Morgan fingerprint density at radius 1 is 0.980 bits per heavy atom. The number of fused-ring (bicyclic) bond motifs is 3. The van der Waals surface area contributed by atoms with Crippen molar-refractivity contribution in [3.05, 3.63) is 69.1 Å². The Bertz CT molecular complexity index is 1690. The lowest BCUT2D eigenvalue weighted by atomic mass is 9.83. The van der Waals surface area contributed by atoms with E-state index < -0.39 is 12.2 Å². The minimum Gasteiger partial charge on any atom is -0.436 e. The molecule has 5 aliphatic rings. The van der Waals surface area contributed by atoms with Crippen LogP contribution in [0.4, 0.5) is 10.5 Å². The summed E-state index contributed by atoms with van der Waals surface area (Å²) in [6, 6.07) is 13.7. The Morgan fingerprint density at radius 3 is 2.35 bits per heavy atom. The number of nitrogen functional groups attached to an aromatic ring is 1. The van der Waals surface area contributed by atoms with E-state index in [4.69, 9.17) is 22.1 Å². The number of rotatable bonds is 8. The second-order valence-electron chi connectivity index (χ2n) is 14.0. The van der Waals surface area contributed by atoms with Gasteiger partial charge in [-0.15, -0.1) is 5.10 Å². The van der Waals surface area contributed by atoms with Crippen LogP contribution in [0.5, 0.6) is 0 Å². The smallest absolute Gasteiger partial charge is 0.410 e.